The van der Waals surface area contributed by atoms with E-state index in [4.69, 9.17) is 4.98 Å². The van der Waals surface area contributed by atoms with Crippen LogP contribution >= 0.6 is 0 Å². The molecular formula is C26H34N4O. The zero-order chi connectivity index (χ0) is 21.4. The normalized spacial score (nSPS) is 27.0. The van der Waals surface area contributed by atoms with Gasteiger partial charge in [-0.2, -0.15) is 0 Å². The molecule has 0 saturated carbocycles. The molecular weight excluding hydrogens is 384 g/mol. The molecule has 2 aromatic rings. The lowest BCUT2D eigenvalue weighted by Crippen LogP contribution is -2.42. The molecule has 0 bridgehead atoms. The summed E-state index contributed by atoms with van der Waals surface area (Å²) in [7, 11) is 2.19. The van der Waals surface area contributed by atoms with Gasteiger partial charge in [0.25, 0.3) is 0 Å². The average molecular weight is 419 g/mol. The van der Waals surface area contributed by atoms with Gasteiger partial charge in [0.05, 0.1) is 5.52 Å². The molecule has 2 saturated heterocycles. The molecule has 3 aliphatic rings. The van der Waals surface area contributed by atoms with E-state index in [9.17, 15) is 4.79 Å². The van der Waals surface area contributed by atoms with Gasteiger partial charge in [0, 0.05) is 48.8 Å². The topological polar surface area (TPSA) is 48.8 Å². The Labute approximate surface area is 185 Å². The van der Waals surface area contributed by atoms with Gasteiger partial charge in [0.1, 0.15) is 6.04 Å². The van der Waals surface area contributed by atoms with Crippen molar-refractivity contribution in [2.45, 2.75) is 51.0 Å². The second kappa shape index (κ2) is 8.70. The van der Waals surface area contributed by atoms with Crippen LogP contribution in [0.1, 0.15) is 62.1 Å². The van der Waals surface area contributed by atoms with E-state index in [1.54, 1.807) is 0 Å². The van der Waals surface area contributed by atoms with Gasteiger partial charge in [-0.25, -0.2) is 0 Å². The van der Waals surface area contributed by atoms with E-state index >= 15 is 0 Å². The maximum absolute atomic E-state index is 13.1. The van der Waals surface area contributed by atoms with Crippen molar-refractivity contribution in [2.75, 3.05) is 33.2 Å². The number of fused-ring (bicyclic) bond motifs is 1. The number of rotatable bonds is 5. The third-order valence-corrected chi connectivity index (χ3v) is 7.51. The number of carbonyl (C=O) groups is 1. The highest BCUT2D eigenvalue weighted by Crippen LogP contribution is 2.38. The van der Waals surface area contributed by atoms with Gasteiger partial charge in [0.2, 0.25) is 5.91 Å². The van der Waals surface area contributed by atoms with Crippen molar-refractivity contribution >= 4 is 23.0 Å². The number of carbonyl (C=O) groups excluding carboxylic acids is 1. The van der Waals surface area contributed by atoms with Crippen LogP contribution in [-0.2, 0) is 4.79 Å². The number of aliphatic imine (C=N–C) groups is 1. The van der Waals surface area contributed by atoms with E-state index in [2.05, 4.69) is 47.0 Å². The molecule has 0 aliphatic carbocycles. The number of likely N-dealkylation sites (tertiary alicyclic amines) is 2. The van der Waals surface area contributed by atoms with Gasteiger partial charge in [-0.1, -0.05) is 25.1 Å². The third-order valence-electron chi connectivity index (χ3n) is 7.51. The number of benzene rings is 1. The Hall–Kier alpha value is -2.27. The first-order valence-electron chi connectivity index (χ1n) is 12.0. The summed E-state index contributed by atoms with van der Waals surface area (Å²) in [5.74, 6) is 1.95. The highest BCUT2D eigenvalue weighted by atomic mass is 16.2. The number of amides is 1. The highest BCUT2D eigenvalue weighted by molar-refractivity contribution is 5.92. The number of piperidine rings is 2. The van der Waals surface area contributed by atoms with Crippen LogP contribution in [0.4, 0.5) is 0 Å². The number of hydrogen-bond donors (Lipinski definition) is 0. The second-order valence-electron chi connectivity index (χ2n) is 10.0. The second-order valence-corrected chi connectivity index (χ2v) is 10.0. The number of nitrogens with zero attached hydrogens (tertiary/aromatic N) is 4. The van der Waals surface area contributed by atoms with Crippen molar-refractivity contribution in [3.05, 3.63) is 41.6 Å². The van der Waals surface area contributed by atoms with Crippen LogP contribution in [0.3, 0.4) is 0 Å². The minimum Gasteiger partial charge on any atom is -0.342 e. The van der Waals surface area contributed by atoms with Gasteiger partial charge in [0.15, 0.2) is 0 Å². The summed E-state index contributed by atoms with van der Waals surface area (Å²) < 4.78 is 0. The lowest BCUT2D eigenvalue weighted by molar-refractivity contribution is -0.133. The summed E-state index contributed by atoms with van der Waals surface area (Å²) >= 11 is 0. The Bertz CT molecular complexity index is 973. The molecule has 3 unspecified atom stereocenters. The van der Waals surface area contributed by atoms with Crippen LogP contribution in [0.25, 0.3) is 10.9 Å². The standard InChI is InChI=1S/C26H34N4O/c1-18-14-20(17-30(16-18)25(31)8-5-19-9-12-29(2)13-10-19)21-6-7-23(24-15-28-24)26-22(21)4-3-11-27-26/h3-4,6-7,11,15,18-20,24H,5,8-10,12-14,16-17H2,1-2H3. The molecule has 4 heterocycles. The quantitative estimate of drug-likeness (QED) is 0.721. The maximum Gasteiger partial charge on any atom is 0.222 e. The molecule has 3 atom stereocenters. The van der Waals surface area contributed by atoms with Crippen molar-refractivity contribution in [3.63, 3.8) is 0 Å². The van der Waals surface area contributed by atoms with Gasteiger partial charge in [-0.05, 0) is 69.3 Å². The number of pyridine rings is 1. The maximum atomic E-state index is 13.1. The zero-order valence-electron chi connectivity index (χ0n) is 18.8. The molecule has 0 radical (unpaired) electrons. The summed E-state index contributed by atoms with van der Waals surface area (Å²) in [5.41, 5.74) is 3.61. The van der Waals surface area contributed by atoms with Crippen molar-refractivity contribution < 1.29 is 4.79 Å². The first-order valence-corrected chi connectivity index (χ1v) is 12.0. The largest absolute Gasteiger partial charge is 0.342 e. The molecule has 31 heavy (non-hydrogen) atoms. The monoisotopic (exact) mass is 418 g/mol. The summed E-state index contributed by atoms with van der Waals surface area (Å²) in [6, 6.07) is 8.89. The van der Waals surface area contributed by atoms with Gasteiger partial charge >= 0.3 is 0 Å². The van der Waals surface area contributed by atoms with Crippen LogP contribution < -0.4 is 0 Å². The van der Waals surface area contributed by atoms with E-state index in [1.807, 2.05) is 18.5 Å². The van der Waals surface area contributed by atoms with Crippen LogP contribution in [0.2, 0.25) is 0 Å². The van der Waals surface area contributed by atoms with E-state index in [1.165, 1.54) is 42.4 Å². The fourth-order valence-corrected chi connectivity index (χ4v) is 5.63. The molecule has 0 spiro atoms. The molecule has 1 amide bonds. The molecule has 2 fully saturated rings. The minimum absolute atomic E-state index is 0.203. The summed E-state index contributed by atoms with van der Waals surface area (Å²) in [5, 5.41) is 1.23. The van der Waals surface area contributed by atoms with Gasteiger partial charge < -0.3 is 9.80 Å². The average Bonchev–Trinajstić information content (AvgIpc) is 3.62. The van der Waals surface area contributed by atoms with E-state index in [0.717, 1.165) is 31.4 Å². The molecule has 164 valence electrons. The highest BCUT2D eigenvalue weighted by Gasteiger charge is 2.31. The Morgan fingerprint density at radius 1 is 1.13 bits per heavy atom. The van der Waals surface area contributed by atoms with Crippen molar-refractivity contribution in [3.8, 4) is 0 Å². The Morgan fingerprint density at radius 2 is 1.90 bits per heavy atom. The van der Waals surface area contributed by atoms with Crippen LogP contribution in [0.5, 0.6) is 0 Å². The zero-order valence-corrected chi connectivity index (χ0v) is 18.8. The van der Waals surface area contributed by atoms with E-state index in [0.29, 0.717) is 30.1 Å². The Morgan fingerprint density at radius 3 is 2.68 bits per heavy atom. The lowest BCUT2D eigenvalue weighted by atomic mass is 9.82. The summed E-state index contributed by atoms with van der Waals surface area (Å²) in [4.78, 5) is 26.7. The number of hydrogen-bond acceptors (Lipinski definition) is 4. The van der Waals surface area contributed by atoms with Crippen LogP contribution in [0.15, 0.2) is 35.5 Å². The van der Waals surface area contributed by atoms with Crippen molar-refractivity contribution in [1.82, 2.24) is 14.8 Å². The predicted molar refractivity (Wildman–Crippen MR) is 126 cm³/mol. The fraction of sp³-hybridized carbons (Fsp3) is 0.577. The van der Waals surface area contributed by atoms with Gasteiger partial charge in [-0.15, -0.1) is 0 Å². The predicted octanol–water partition coefficient (Wildman–Crippen LogP) is 4.43. The number of aromatic nitrogens is 1. The molecule has 5 heteroatoms. The molecule has 0 N–H and O–H groups in total. The van der Waals surface area contributed by atoms with Crippen LogP contribution in [0, 0.1) is 11.8 Å². The molecule has 5 nitrogen and oxygen atoms in total. The first kappa shape index (κ1) is 20.6. The SMILES string of the molecule is CC1CC(c2ccc(C3C=N3)c3ncccc23)CN(C(=O)CCC2CCN(C)CC2)C1. The molecule has 3 aliphatic heterocycles. The van der Waals surface area contributed by atoms with Crippen LogP contribution in [-0.4, -0.2) is 60.1 Å². The lowest BCUT2D eigenvalue weighted by Gasteiger charge is -2.37. The molecule has 1 aromatic carbocycles. The van der Waals surface area contributed by atoms with E-state index in [-0.39, 0.29) is 6.04 Å². The van der Waals surface area contributed by atoms with Crippen molar-refractivity contribution in [1.29, 1.82) is 0 Å². The third kappa shape index (κ3) is 4.52. The Kier molecular flexibility index (Phi) is 5.79. The molecule has 5 rings (SSSR count). The van der Waals surface area contributed by atoms with Gasteiger partial charge in [-0.3, -0.25) is 14.8 Å². The Balaban J connectivity index is 1.30. The first-order chi connectivity index (χ1) is 15.1. The smallest absolute Gasteiger partial charge is 0.222 e. The fourth-order valence-electron chi connectivity index (χ4n) is 5.63. The van der Waals surface area contributed by atoms with E-state index < -0.39 is 0 Å². The summed E-state index contributed by atoms with van der Waals surface area (Å²) in [6.45, 7) is 6.36. The molecule has 1 aromatic heterocycles. The minimum atomic E-state index is 0.203. The van der Waals surface area contributed by atoms with Crippen molar-refractivity contribution in [2.24, 2.45) is 16.8 Å². The summed E-state index contributed by atoms with van der Waals surface area (Å²) in [6.07, 6.45) is 9.20.